The standard InChI is InChI=1S/C20H25NO4/c1-12(2)11-24-15-6-7-16-14(5)17(20(23)25-18(16)10-15)8-9-19(22)21-13(3)4/h6-7,10,13H,1,8-9,11H2,2-5H3,(H,21,22). The molecule has 1 aromatic heterocycles. The van der Waals surface area contributed by atoms with Crippen molar-refractivity contribution >= 4 is 16.9 Å². The fourth-order valence-corrected chi connectivity index (χ4v) is 2.59. The van der Waals surface area contributed by atoms with Crippen molar-refractivity contribution in [3.8, 4) is 5.75 Å². The highest BCUT2D eigenvalue weighted by atomic mass is 16.5. The van der Waals surface area contributed by atoms with Gasteiger partial charge in [-0.2, -0.15) is 0 Å². The molecule has 1 heterocycles. The van der Waals surface area contributed by atoms with Crippen molar-refractivity contribution in [3.63, 3.8) is 0 Å². The van der Waals surface area contributed by atoms with Crippen LogP contribution < -0.4 is 15.7 Å². The molecule has 0 fully saturated rings. The predicted molar refractivity (Wildman–Crippen MR) is 99.1 cm³/mol. The number of amides is 1. The van der Waals surface area contributed by atoms with Gasteiger partial charge in [0.1, 0.15) is 17.9 Å². The normalized spacial score (nSPS) is 10.9. The fourth-order valence-electron chi connectivity index (χ4n) is 2.59. The van der Waals surface area contributed by atoms with E-state index < -0.39 is 5.63 Å². The van der Waals surface area contributed by atoms with E-state index in [0.717, 1.165) is 16.5 Å². The van der Waals surface area contributed by atoms with Gasteiger partial charge in [-0.15, -0.1) is 0 Å². The van der Waals surface area contributed by atoms with Crippen molar-refractivity contribution in [1.29, 1.82) is 0 Å². The summed E-state index contributed by atoms with van der Waals surface area (Å²) in [4.78, 5) is 24.1. The molecule has 25 heavy (non-hydrogen) atoms. The number of rotatable bonds is 7. The van der Waals surface area contributed by atoms with Crippen molar-refractivity contribution in [1.82, 2.24) is 5.32 Å². The molecule has 0 saturated carbocycles. The minimum atomic E-state index is -0.403. The Morgan fingerprint density at radius 1 is 1.36 bits per heavy atom. The first-order valence-electron chi connectivity index (χ1n) is 8.40. The lowest BCUT2D eigenvalue weighted by Gasteiger charge is -2.11. The summed E-state index contributed by atoms with van der Waals surface area (Å²) in [5.74, 6) is 0.555. The number of aryl methyl sites for hydroxylation is 1. The van der Waals surface area contributed by atoms with Crippen molar-refractivity contribution in [3.05, 3.63) is 51.9 Å². The first kappa shape index (κ1) is 18.8. The van der Waals surface area contributed by atoms with E-state index in [1.807, 2.05) is 39.8 Å². The molecule has 0 spiro atoms. The third-order valence-corrected chi connectivity index (χ3v) is 3.80. The molecule has 0 radical (unpaired) electrons. The minimum Gasteiger partial charge on any atom is -0.489 e. The molecule has 1 aromatic carbocycles. The van der Waals surface area contributed by atoms with Gasteiger partial charge in [0, 0.05) is 29.5 Å². The monoisotopic (exact) mass is 343 g/mol. The van der Waals surface area contributed by atoms with Crippen LogP contribution in [0.1, 0.15) is 38.3 Å². The highest BCUT2D eigenvalue weighted by Crippen LogP contribution is 2.25. The summed E-state index contributed by atoms with van der Waals surface area (Å²) in [6, 6.07) is 5.51. The van der Waals surface area contributed by atoms with Crippen LogP contribution in [-0.4, -0.2) is 18.6 Å². The number of ether oxygens (including phenoxy) is 1. The Labute approximate surface area is 147 Å². The van der Waals surface area contributed by atoms with Crippen molar-refractivity contribution < 1.29 is 13.9 Å². The maximum atomic E-state index is 12.3. The van der Waals surface area contributed by atoms with Crippen LogP contribution in [0.4, 0.5) is 0 Å². The summed E-state index contributed by atoms with van der Waals surface area (Å²) in [6.07, 6.45) is 0.617. The fraction of sp³-hybridized carbons (Fsp3) is 0.400. The highest BCUT2D eigenvalue weighted by Gasteiger charge is 2.14. The van der Waals surface area contributed by atoms with Gasteiger partial charge in [-0.1, -0.05) is 6.58 Å². The quantitative estimate of drug-likeness (QED) is 0.617. The largest absolute Gasteiger partial charge is 0.489 e. The van der Waals surface area contributed by atoms with E-state index in [9.17, 15) is 9.59 Å². The van der Waals surface area contributed by atoms with Crippen molar-refractivity contribution in [2.24, 2.45) is 0 Å². The molecule has 1 N–H and O–H groups in total. The van der Waals surface area contributed by atoms with Gasteiger partial charge in [0.05, 0.1) is 0 Å². The Hall–Kier alpha value is -2.56. The van der Waals surface area contributed by atoms with Gasteiger partial charge >= 0.3 is 5.63 Å². The second kappa shape index (κ2) is 8.01. The van der Waals surface area contributed by atoms with Gasteiger partial charge in [-0.3, -0.25) is 4.79 Å². The summed E-state index contributed by atoms with van der Waals surface area (Å²) < 4.78 is 11.0. The van der Waals surface area contributed by atoms with E-state index in [-0.39, 0.29) is 18.4 Å². The molecule has 0 aliphatic carbocycles. The molecule has 2 aromatic rings. The third-order valence-electron chi connectivity index (χ3n) is 3.80. The van der Waals surface area contributed by atoms with Gasteiger partial charge in [0.25, 0.3) is 0 Å². The number of hydrogen-bond acceptors (Lipinski definition) is 4. The molecule has 134 valence electrons. The Morgan fingerprint density at radius 3 is 2.72 bits per heavy atom. The average molecular weight is 343 g/mol. The van der Waals surface area contributed by atoms with E-state index in [1.165, 1.54) is 0 Å². The Bertz CT molecular complexity index is 849. The first-order chi connectivity index (χ1) is 11.8. The van der Waals surface area contributed by atoms with Crippen molar-refractivity contribution in [2.75, 3.05) is 6.61 Å². The van der Waals surface area contributed by atoms with Gasteiger partial charge in [0.15, 0.2) is 0 Å². The van der Waals surface area contributed by atoms with Crippen LogP contribution in [0.25, 0.3) is 11.0 Å². The molecule has 2 rings (SSSR count). The Kier molecular flexibility index (Phi) is 6.02. The molecule has 0 aliphatic rings. The zero-order valence-corrected chi connectivity index (χ0v) is 15.3. The van der Waals surface area contributed by atoms with Gasteiger partial charge in [-0.25, -0.2) is 4.79 Å². The number of carbonyl (C=O) groups excluding carboxylic acids is 1. The molecule has 0 saturated heterocycles. The highest BCUT2D eigenvalue weighted by molar-refractivity contribution is 5.82. The second-order valence-corrected chi connectivity index (χ2v) is 6.62. The van der Waals surface area contributed by atoms with Crippen molar-refractivity contribution in [2.45, 2.75) is 46.6 Å². The van der Waals surface area contributed by atoms with E-state index in [4.69, 9.17) is 9.15 Å². The van der Waals surface area contributed by atoms with Crippen LogP contribution in [0.3, 0.4) is 0 Å². The minimum absolute atomic E-state index is 0.0718. The Balaban J connectivity index is 2.25. The topological polar surface area (TPSA) is 68.5 Å². The summed E-state index contributed by atoms with van der Waals surface area (Å²) in [6.45, 7) is 11.8. The maximum Gasteiger partial charge on any atom is 0.339 e. The van der Waals surface area contributed by atoms with Crippen LogP contribution in [0.15, 0.2) is 39.6 Å². The molecule has 0 unspecified atom stereocenters. The van der Waals surface area contributed by atoms with Gasteiger partial charge in [0.2, 0.25) is 5.91 Å². The number of carbonyl (C=O) groups is 1. The molecular weight excluding hydrogens is 318 g/mol. The van der Waals surface area contributed by atoms with Crippen LogP contribution in [0, 0.1) is 6.92 Å². The lowest BCUT2D eigenvalue weighted by atomic mass is 10.0. The number of hydrogen-bond donors (Lipinski definition) is 1. The smallest absolute Gasteiger partial charge is 0.339 e. The lowest BCUT2D eigenvalue weighted by Crippen LogP contribution is -2.30. The molecule has 1 amide bonds. The predicted octanol–water partition coefficient (Wildman–Crippen LogP) is 3.51. The zero-order chi connectivity index (χ0) is 18.6. The lowest BCUT2D eigenvalue weighted by molar-refractivity contribution is -0.121. The molecule has 5 nitrogen and oxygen atoms in total. The Morgan fingerprint density at radius 2 is 2.08 bits per heavy atom. The number of fused-ring (bicyclic) bond motifs is 1. The molecule has 0 atom stereocenters. The molecule has 0 bridgehead atoms. The van der Waals surface area contributed by atoms with E-state index in [0.29, 0.717) is 29.9 Å². The van der Waals surface area contributed by atoms with Crippen LogP contribution in [-0.2, 0) is 11.2 Å². The maximum absolute atomic E-state index is 12.3. The van der Waals surface area contributed by atoms with E-state index in [2.05, 4.69) is 11.9 Å². The van der Waals surface area contributed by atoms with Crippen LogP contribution >= 0.6 is 0 Å². The molecule has 0 aliphatic heterocycles. The molecular formula is C20H25NO4. The number of benzene rings is 1. The van der Waals surface area contributed by atoms with Gasteiger partial charge in [-0.05, 0) is 57.4 Å². The summed E-state index contributed by atoms with van der Waals surface area (Å²) in [5, 5.41) is 3.67. The van der Waals surface area contributed by atoms with Crippen LogP contribution in [0.5, 0.6) is 5.75 Å². The average Bonchev–Trinajstić information content (AvgIpc) is 2.51. The second-order valence-electron chi connectivity index (χ2n) is 6.62. The van der Waals surface area contributed by atoms with Gasteiger partial charge < -0.3 is 14.5 Å². The summed E-state index contributed by atoms with van der Waals surface area (Å²) in [5.41, 5.74) is 2.38. The third kappa shape index (κ3) is 4.95. The summed E-state index contributed by atoms with van der Waals surface area (Å²) >= 11 is 0. The zero-order valence-electron chi connectivity index (χ0n) is 15.3. The molecule has 5 heteroatoms. The SMILES string of the molecule is C=C(C)COc1ccc2c(C)c(CCC(=O)NC(C)C)c(=O)oc2c1. The summed E-state index contributed by atoms with van der Waals surface area (Å²) in [7, 11) is 0. The van der Waals surface area contributed by atoms with Crippen LogP contribution in [0.2, 0.25) is 0 Å². The first-order valence-corrected chi connectivity index (χ1v) is 8.40. The van der Waals surface area contributed by atoms with E-state index in [1.54, 1.807) is 6.07 Å². The van der Waals surface area contributed by atoms with E-state index >= 15 is 0 Å². The number of nitrogens with one attached hydrogen (secondary N) is 1.